The van der Waals surface area contributed by atoms with Crippen LogP contribution in [-0.2, 0) is 6.54 Å². The molecule has 2 N–H and O–H groups in total. The fourth-order valence-corrected chi connectivity index (χ4v) is 1.30. The van der Waals surface area contributed by atoms with Crippen molar-refractivity contribution in [1.29, 1.82) is 0 Å². The largest absolute Gasteiger partial charge is 0.384 e. The molecule has 2 heterocycles. The Bertz CT molecular complexity index is 416. The van der Waals surface area contributed by atoms with E-state index in [-0.39, 0.29) is 0 Å². The van der Waals surface area contributed by atoms with E-state index in [0.29, 0.717) is 5.82 Å². The van der Waals surface area contributed by atoms with Gasteiger partial charge in [-0.3, -0.25) is 0 Å². The van der Waals surface area contributed by atoms with Crippen molar-refractivity contribution in [3.05, 3.63) is 42.1 Å². The Labute approximate surface area is 82.4 Å². The van der Waals surface area contributed by atoms with Crippen LogP contribution in [0.1, 0.15) is 11.4 Å². The highest BCUT2D eigenvalue weighted by Gasteiger charge is 1.98. The molecular formula is C10H12N4. The topological polar surface area (TPSA) is 56.7 Å². The molecule has 0 saturated carbocycles. The quantitative estimate of drug-likeness (QED) is 0.770. The van der Waals surface area contributed by atoms with E-state index in [4.69, 9.17) is 5.73 Å². The van der Waals surface area contributed by atoms with Crippen molar-refractivity contribution in [2.24, 2.45) is 0 Å². The van der Waals surface area contributed by atoms with Crippen molar-refractivity contribution < 1.29 is 0 Å². The first-order valence-corrected chi connectivity index (χ1v) is 4.44. The first-order chi connectivity index (χ1) is 6.75. The van der Waals surface area contributed by atoms with E-state index in [2.05, 4.69) is 14.5 Å². The minimum atomic E-state index is 0.552. The normalized spacial score (nSPS) is 10.4. The van der Waals surface area contributed by atoms with Crippen LogP contribution in [0.25, 0.3) is 0 Å². The lowest BCUT2D eigenvalue weighted by atomic mass is 10.3. The summed E-state index contributed by atoms with van der Waals surface area (Å²) in [6, 6.07) is 3.78. The maximum Gasteiger partial charge on any atom is 0.123 e. The van der Waals surface area contributed by atoms with Gasteiger partial charge in [-0.25, -0.2) is 9.97 Å². The molecule has 4 heteroatoms. The van der Waals surface area contributed by atoms with Crippen LogP contribution in [0.3, 0.4) is 0 Å². The van der Waals surface area contributed by atoms with E-state index in [1.165, 1.54) is 0 Å². The Morgan fingerprint density at radius 3 is 2.79 bits per heavy atom. The molecule has 0 bridgehead atoms. The number of nitrogens with zero attached hydrogens (tertiary/aromatic N) is 3. The highest BCUT2D eigenvalue weighted by atomic mass is 15.0. The van der Waals surface area contributed by atoms with Crippen molar-refractivity contribution in [3.8, 4) is 0 Å². The maximum absolute atomic E-state index is 5.50. The van der Waals surface area contributed by atoms with Crippen molar-refractivity contribution in [1.82, 2.24) is 14.5 Å². The van der Waals surface area contributed by atoms with Gasteiger partial charge in [-0.05, 0) is 18.6 Å². The van der Waals surface area contributed by atoms with Crippen LogP contribution in [0.5, 0.6) is 0 Å². The van der Waals surface area contributed by atoms with E-state index in [0.717, 1.165) is 17.9 Å². The molecule has 72 valence electrons. The van der Waals surface area contributed by atoms with Crippen molar-refractivity contribution in [3.63, 3.8) is 0 Å². The molecular weight excluding hydrogens is 176 g/mol. The standard InChI is InChI=1S/C10H12N4/c1-8-12-4-5-14(8)7-9-2-3-10(11)13-6-9/h2-6H,7H2,1H3,(H2,11,13). The first kappa shape index (κ1) is 8.74. The van der Waals surface area contributed by atoms with E-state index >= 15 is 0 Å². The number of rotatable bonds is 2. The number of anilines is 1. The lowest BCUT2D eigenvalue weighted by molar-refractivity contribution is 0.759. The molecule has 4 nitrogen and oxygen atoms in total. The number of nitrogens with two attached hydrogens (primary N) is 1. The highest BCUT2D eigenvalue weighted by molar-refractivity contribution is 5.29. The van der Waals surface area contributed by atoms with Crippen molar-refractivity contribution in [2.75, 3.05) is 5.73 Å². The Kier molecular flexibility index (Phi) is 2.18. The third kappa shape index (κ3) is 1.74. The van der Waals surface area contributed by atoms with Gasteiger partial charge >= 0.3 is 0 Å². The van der Waals surface area contributed by atoms with Gasteiger partial charge in [0.2, 0.25) is 0 Å². The Balaban J connectivity index is 2.19. The molecule has 2 aromatic heterocycles. The summed E-state index contributed by atoms with van der Waals surface area (Å²) in [5, 5.41) is 0. The zero-order chi connectivity index (χ0) is 9.97. The number of imidazole rings is 1. The minimum absolute atomic E-state index is 0.552. The Morgan fingerprint density at radius 2 is 2.21 bits per heavy atom. The summed E-state index contributed by atoms with van der Waals surface area (Å²) in [6.07, 6.45) is 5.53. The summed E-state index contributed by atoms with van der Waals surface area (Å²) in [5.74, 6) is 1.55. The van der Waals surface area contributed by atoms with Gasteiger partial charge in [0.25, 0.3) is 0 Å². The van der Waals surface area contributed by atoms with Gasteiger partial charge in [0.15, 0.2) is 0 Å². The molecule has 0 aromatic carbocycles. The highest BCUT2D eigenvalue weighted by Crippen LogP contribution is 2.05. The van der Waals surface area contributed by atoms with Crippen LogP contribution in [-0.4, -0.2) is 14.5 Å². The van der Waals surface area contributed by atoms with Gasteiger partial charge in [-0.2, -0.15) is 0 Å². The third-order valence-electron chi connectivity index (χ3n) is 2.12. The molecule has 0 spiro atoms. The molecule has 0 radical (unpaired) electrons. The monoisotopic (exact) mass is 188 g/mol. The number of aromatic nitrogens is 3. The van der Waals surface area contributed by atoms with E-state index in [1.807, 2.05) is 25.3 Å². The summed E-state index contributed by atoms with van der Waals surface area (Å²) in [5.41, 5.74) is 6.62. The number of pyridine rings is 1. The predicted molar refractivity (Wildman–Crippen MR) is 54.7 cm³/mol. The van der Waals surface area contributed by atoms with Crippen molar-refractivity contribution in [2.45, 2.75) is 13.5 Å². The summed E-state index contributed by atoms with van der Waals surface area (Å²) < 4.78 is 2.06. The molecule has 0 atom stereocenters. The predicted octanol–water partition coefficient (Wildman–Crippen LogP) is 1.22. The molecule has 0 saturated heterocycles. The van der Waals surface area contributed by atoms with Crippen LogP contribution in [0.15, 0.2) is 30.7 Å². The van der Waals surface area contributed by atoms with E-state index in [9.17, 15) is 0 Å². The average Bonchev–Trinajstić information content (AvgIpc) is 2.56. The molecule has 0 amide bonds. The van der Waals surface area contributed by atoms with Gasteiger partial charge in [-0.15, -0.1) is 0 Å². The van der Waals surface area contributed by atoms with Gasteiger partial charge in [-0.1, -0.05) is 6.07 Å². The van der Waals surface area contributed by atoms with E-state index in [1.54, 1.807) is 12.4 Å². The second-order valence-corrected chi connectivity index (χ2v) is 3.19. The van der Waals surface area contributed by atoms with E-state index < -0.39 is 0 Å². The second kappa shape index (κ2) is 3.49. The summed E-state index contributed by atoms with van der Waals surface area (Å²) in [7, 11) is 0. The minimum Gasteiger partial charge on any atom is -0.384 e. The molecule has 0 unspecified atom stereocenters. The van der Waals surface area contributed by atoms with Crippen LogP contribution >= 0.6 is 0 Å². The van der Waals surface area contributed by atoms with Gasteiger partial charge in [0.1, 0.15) is 11.6 Å². The fourth-order valence-electron chi connectivity index (χ4n) is 1.30. The molecule has 0 aliphatic rings. The molecule has 0 aliphatic carbocycles. The van der Waals surface area contributed by atoms with Crippen LogP contribution in [0.2, 0.25) is 0 Å². The van der Waals surface area contributed by atoms with Crippen LogP contribution in [0, 0.1) is 6.92 Å². The molecule has 0 fully saturated rings. The van der Waals surface area contributed by atoms with Gasteiger partial charge in [0.05, 0.1) is 6.54 Å². The SMILES string of the molecule is Cc1nccn1Cc1ccc(N)nc1. The zero-order valence-electron chi connectivity index (χ0n) is 8.01. The van der Waals surface area contributed by atoms with Gasteiger partial charge in [0, 0.05) is 18.6 Å². The summed E-state index contributed by atoms with van der Waals surface area (Å²) in [4.78, 5) is 8.18. The Hall–Kier alpha value is -1.84. The summed E-state index contributed by atoms with van der Waals surface area (Å²) >= 11 is 0. The number of hydrogen-bond donors (Lipinski definition) is 1. The number of nitrogen functional groups attached to an aromatic ring is 1. The third-order valence-corrected chi connectivity index (χ3v) is 2.12. The molecule has 2 rings (SSSR count). The average molecular weight is 188 g/mol. The first-order valence-electron chi connectivity index (χ1n) is 4.44. The van der Waals surface area contributed by atoms with Crippen LogP contribution < -0.4 is 5.73 Å². The number of hydrogen-bond acceptors (Lipinski definition) is 3. The fraction of sp³-hybridized carbons (Fsp3) is 0.200. The molecule has 0 aliphatic heterocycles. The summed E-state index contributed by atoms with van der Waals surface area (Å²) in [6.45, 7) is 2.77. The molecule has 2 aromatic rings. The lowest BCUT2D eigenvalue weighted by Gasteiger charge is -2.04. The number of aryl methyl sites for hydroxylation is 1. The van der Waals surface area contributed by atoms with Crippen LogP contribution in [0.4, 0.5) is 5.82 Å². The second-order valence-electron chi connectivity index (χ2n) is 3.19. The zero-order valence-corrected chi connectivity index (χ0v) is 8.01. The smallest absolute Gasteiger partial charge is 0.123 e. The maximum atomic E-state index is 5.50. The van der Waals surface area contributed by atoms with Crippen molar-refractivity contribution >= 4 is 5.82 Å². The molecule has 14 heavy (non-hydrogen) atoms. The van der Waals surface area contributed by atoms with Gasteiger partial charge < -0.3 is 10.3 Å². The Morgan fingerprint density at radius 1 is 1.36 bits per heavy atom. The lowest BCUT2D eigenvalue weighted by Crippen LogP contribution is -2.01.